The number of aliphatic carboxylic acids is 1. The van der Waals surface area contributed by atoms with E-state index in [1.165, 1.54) is 16.9 Å². The zero-order chi connectivity index (χ0) is 18.5. The van der Waals surface area contributed by atoms with Crippen LogP contribution in [-0.2, 0) is 16.0 Å². The highest BCUT2D eigenvalue weighted by molar-refractivity contribution is 7.13. The van der Waals surface area contributed by atoms with E-state index >= 15 is 0 Å². The molecular formula is C21H19NO3S. The lowest BCUT2D eigenvalue weighted by Crippen LogP contribution is -2.17. The second kappa shape index (κ2) is 8.06. The molecule has 0 amide bonds. The van der Waals surface area contributed by atoms with E-state index in [-0.39, 0.29) is 18.6 Å². The number of aryl methyl sites for hydroxylation is 1. The van der Waals surface area contributed by atoms with Gasteiger partial charge in [-0.2, -0.15) is 0 Å². The summed E-state index contributed by atoms with van der Waals surface area (Å²) in [4.78, 5) is 28.5. The maximum Gasteiger partial charge on any atom is 0.311 e. The Kier molecular flexibility index (Phi) is 5.58. The van der Waals surface area contributed by atoms with Gasteiger partial charge in [-0.05, 0) is 12.5 Å². The van der Waals surface area contributed by atoms with Crippen molar-refractivity contribution in [2.24, 2.45) is 0 Å². The van der Waals surface area contributed by atoms with Crippen LogP contribution < -0.4 is 0 Å². The zero-order valence-electron chi connectivity index (χ0n) is 14.4. The molecule has 1 atom stereocenters. The van der Waals surface area contributed by atoms with E-state index in [0.29, 0.717) is 11.3 Å². The van der Waals surface area contributed by atoms with Crippen molar-refractivity contribution in [1.29, 1.82) is 0 Å². The number of carbonyl (C=O) groups excluding carboxylic acids is 1. The number of ketones is 1. The molecule has 3 rings (SSSR count). The molecule has 0 fully saturated rings. The smallest absolute Gasteiger partial charge is 0.311 e. The molecular weight excluding hydrogens is 346 g/mol. The van der Waals surface area contributed by atoms with Gasteiger partial charge < -0.3 is 5.11 Å². The fraction of sp³-hybridized carbons (Fsp3) is 0.190. The zero-order valence-corrected chi connectivity index (χ0v) is 15.2. The van der Waals surface area contributed by atoms with Crippen molar-refractivity contribution < 1.29 is 14.7 Å². The molecule has 0 saturated heterocycles. The van der Waals surface area contributed by atoms with Gasteiger partial charge in [-0.25, -0.2) is 4.98 Å². The highest BCUT2D eigenvalue weighted by Gasteiger charge is 2.23. The molecule has 3 aromatic rings. The monoisotopic (exact) mass is 365 g/mol. The summed E-state index contributed by atoms with van der Waals surface area (Å²) in [5, 5.41) is 12.2. The van der Waals surface area contributed by atoms with Crippen LogP contribution in [0.4, 0.5) is 0 Å². The number of aromatic nitrogens is 1. The van der Waals surface area contributed by atoms with E-state index in [4.69, 9.17) is 0 Å². The second-order valence-electron chi connectivity index (χ2n) is 6.23. The van der Waals surface area contributed by atoms with Gasteiger partial charge in [0.15, 0.2) is 0 Å². The summed E-state index contributed by atoms with van der Waals surface area (Å²) in [5.41, 5.74) is 3.54. The third-order valence-corrected chi connectivity index (χ3v) is 5.10. The molecule has 0 radical (unpaired) electrons. The van der Waals surface area contributed by atoms with E-state index in [1.54, 1.807) is 24.3 Å². The Morgan fingerprint density at radius 2 is 1.77 bits per heavy atom. The van der Waals surface area contributed by atoms with Crippen LogP contribution in [0.15, 0.2) is 60.0 Å². The maximum absolute atomic E-state index is 12.4. The first-order valence-corrected chi connectivity index (χ1v) is 9.22. The van der Waals surface area contributed by atoms with Gasteiger partial charge in [0.1, 0.15) is 10.8 Å². The Balaban J connectivity index is 1.68. The lowest BCUT2D eigenvalue weighted by molar-refractivity contribution is -0.140. The molecule has 2 aromatic carbocycles. The molecule has 1 heterocycles. The number of carboxylic acids is 1. The fourth-order valence-corrected chi connectivity index (χ4v) is 3.58. The van der Waals surface area contributed by atoms with Gasteiger partial charge in [-0.3, -0.25) is 9.59 Å². The lowest BCUT2D eigenvalue weighted by Gasteiger charge is -2.11. The minimum Gasteiger partial charge on any atom is -0.481 e. The van der Waals surface area contributed by atoms with Crippen LogP contribution in [0.2, 0.25) is 0 Å². The number of nitrogens with zero attached hydrogens (tertiary/aromatic N) is 1. The van der Waals surface area contributed by atoms with Gasteiger partial charge in [-0.15, -0.1) is 11.3 Å². The molecule has 1 aromatic heterocycles. The Hall–Kier alpha value is -2.79. The molecule has 4 nitrogen and oxygen atoms in total. The highest BCUT2D eigenvalue weighted by atomic mass is 32.1. The summed E-state index contributed by atoms with van der Waals surface area (Å²) < 4.78 is 0. The Morgan fingerprint density at radius 3 is 2.42 bits per heavy atom. The van der Waals surface area contributed by atoms with Crippen molar-refractivity contribution in [1.82, 2.24) is 4.98 Å². The van der Waals surface area contributed by atoms with Crippen LogP contribution in [0, 0.1) is 6.92 Å². The van der Waals surface area contributed by atoms with Crippen LogP contribution in [0.5, 0.6) is 0 Å². The van der Waals surface area contributed by atoms with Crippen LogP contribution in [0.3, 0.4) is 0 Å². The second-order valence-corrected chi connectivity index (χ2v) is 7.09. The fourth-order valence-electron chi connectivity index (χ4n) is 2.75. The molecule has 1 N–H and O–H groups in total. The van der Waals surface area contributed by atoms with Crippen molar-refractivity contribution in [2.45, 2.75) is 25.7 Å². The summed E-state index contributed by atoms with van der Waals surface area (Å²) in [5.74, 6) is -1.93. The van der Waals surface area contributed by atoms with Gasteiger partial charge in [0.25, 0.3) is 0 Å². The predicted octanol–water partition coefficient (Wildman–Crippen LogP) is 4.49. The molecule has 26 heavy (non-hydrogen) atoms. The largest absolute Gasteiger partial charge is 0.481 e. The number of carboxylic acid groups (broad SMARTS) is 1. The molecule has 132 valence electrons. The third-order valence-electron chi connectivity index (χ3n) is 4.16. The van der Waals surface area contributed by atoms with Crippen molar-refractivity contribution >= 4 is 23.1 Å². The average molecular weight is 365 g/mol. The van der Waals surface area contributed by atoms with Crippen molar-refractivity contribution in [3.63, 3.8) is 0 Å². The topological polar surface area (TPSA) is 67.3 Å². The van der Waals surface area contributed by atoms with Crippen molar-refractivity contribution in [3.05, 3.63) is 76.8 Å². The lowest BCUT2D eigenvalue weighted by atomic mass is 9.93. The van der Waals surface area contributed by atoms with Gasteiger partial charge in [-0.1, -0.05) is 60.2 Å². The van der Waals surface area contributed by atoms with Crippen LogP contribution >= 0.6 is 11.3 Å². The standard InChI is InChI=1S/C21H19NO3S/c1-14-7-9-16(10-8-14)20-22-17(13-26-20)11-18(23)12-19(21(24)25)15-5-3-2-4-6-15/h2-10,13,19H,11-12H2,1H3,(H,24,25). The molecule has 0 spiro atoms. The van der Waals surface area contributed by atoms with Gasteiger partial charge >= 0.3 is 5.97 Å². The Labute approximate surface area is 156 Å². The van der Waals surface area contributed by atoms with Crippen LogP contribution in [0.25, 0.3) is 10.6 Å². The number of Topliss-reactive ketones (excluding diaryl/α,β-unsaturated/α-hetero) is 1. The molecule has 0 aliphatic rings. The van der Waals surface area contributed by atoms with E-state index in [0.717, 1.165) is 10.6 Å². The summed E-state index contributed by atoms with van der Waals surface area (Å²) in [6, 6.07) is 16.9. The SMILES string of the molecule is Cc1ccc(-c2nc(CC(=O)CC(C(=O)O)c3ccccc3)cs2)cc1. The number of rotatable bonds is 7. The Morgan fingerprint density at radius 1 is 1.08 bits per heavy atom. The van der Waals surface area contributed by atoms with E-state index in [2.05, 4.69) is 4.98 Å². The molecule has 0 aliphatic carbocycles. The molecule has 0 saturated carbocycles. The first-order chi connectivity index (χ1) is 12.5. The highest BCUT2D eigenvalue weighted by Crippen LogP contribution is 2.25. The third kappa shape index (κ3) is 4.43. The molecule has 5 heteroatoms. The van der Waals surface area contributed by atoms with E-state index < -0.39 is 11.9 Å². The summed E-state index contributed by atoms with van der Waals surface area (Å²) >= 11 is 1.49. The van der Waals surface area contributed by atoms with E-state index in [9.17, 15) is 14.7 Å². The summed E-state index contributed by atoms with van der Waals surface area (Å²) in [6.07, 6.45) is 0.121. The number of benzene rings is 2. The normalized spacial score (nSPS) is 11.9. The van der Waals surface area contributed by atoms with Gasteiger partial charge in [0.05, 0.1) is 11.6 Å². The van der Waals surface area contributed by atoms with Gasteiger partial charge in [0.2, 0.25) is 0 Å². The average Bonchev–Trinajstić information content (AvgIpc) is 3.09. The minimum atomic E-state index is -0.983. The molecule has 0 bridgehead atoms. The molecule has 0 aliphatic heterocycles. The minimum absolute atomic E-state index is 0.0310. The number of thiazole rings is 1. The van der Waals surface area contributed by atoms with Crippen molar-refractivity contribution in [3.8, 4) is 10.6 Å². The Bertz CT molecular complexity index is 901. The number of carbonyl (C=O) groups is 2. The molecule has 1 unspecified atom stereocenters. The predicted molar refractivity (Wildman–Crippen MR) is 102 cm³/mol. The van der Waals surface area contributed by atoms with E-state index in [1.807, 2.05) is 42.6 Å². The first-order valence-electron chi connectivity index (χ1n) is 8.34. The quantitative estimate of drug-likeness (QED) is 0.670. The summed E-state index contributed by atoms with van der Waals surface area (Å²) in [7, 11) is 0. The maximum atomic E-state index is 12.4. The number of hydrogen-bond donors (Lipinski definition) is 1. The van der Waals surface area contributed by atoms with Crippen molar-refractivity contribution in [2.75, 3.05) is 0 Å². The number of hydrogen-bond acceptors (Lipinski definition) is 4. The van der Waals surface area contributed by atoms with Gasteiger partial charge in [0, 0.05) is 23.8 Å². The van der Waals surface area contributed by atoms with Crippen LogP contribution in [0.1, 0.15) is 29.2 Å². The summed E-state index contributed by atoms with van der Waals surface area (Å²) in [6.45, 7) is 2.03. The first kappa shape index (κ1) is 18.0. The van der Waals surface area contributed by atoms with Crippen LogP contribution in [-0.4, -0.2) is 21.8 Å².